The lowest BCUT2D eigenvalue weighted by Gasteiger charge is -2.34. The standard InChI is InChI=1S/C13H16FNO3/c1-9(17)12-6-10(14)2-3-13(12)15-4-5-18-11(7-15)8-16/h2-3,6,11,16H,4-5,7-8H2,1H3. The molecule has 0 aliphatic carbocycles. The minimum absolute atomic E-state index is 0.0624. The molecule has 1 aliphatic heterocycles. The van der Waals surface area contributed by atoms with Gasteiger partial charge in [0, 0.05) is 24.3 Å². The van der Waals surface area contributed by atoms with Crippen LogP contribution in [0.5, 0.6) is 0 Å². The Balaban J connectivity index is 2.29. The summed E-state index contributed by atoms with van der Waals surface area (Å²) in [7, 11) is 0. The normalized spacial score (nSPS) is 19.9. The van der Waals surface area contributed by atoms with E-state index in [1.807, 2.05) is 4.90 Å². The van der Waals surface area contributed by atoms with Crippen LogP contribution in [-0.2, 0) is 4.74 Å². The lowest BCUT2D eigenvalue weighted by atomic mass is 10.1. The summed E-state index contributed by atoms with van der Waals surface area (Å²) in [5, 5.41) is 9.10. The number of halogens is 1. The Morgan fingerprint density at radius 2 is 2.39 bits per heavy atom. The monoisotopic (exact) mass is 253 g/mol. The van der Waals surface area contributed by atoms with Gasteiger partial charge >= 0.3 is 0 Å². The van der Waals surface area contributed by atoms with Crippen LogP contribution in [0, 0.1) is 5.82 Å². The Hall–Kier alpha value is -1.46. The third-order valence-electron chi connectivity index (χ3n) is 3.02. The molecule has 1 aromatic carbocycles. The summed E-state index contributed by atoms with van der Waals surface area (Å²) >= 11 is 0. The second-order valence-corrected chi connectivity index (χ2v) is 4.34. The summed E-state index contributed by atoms with van der Waals surface area (Å²) < 4.78 is 18.5. The minimum Gasteiger partial charge on any atom is -0.394 e. The highest BCUT2D eigenvalue weighted by Crippen LogP contribution is 2.24. The van der Waals surface area contributed by atoms with Crippen LogP contribution < -0.4 is 4.90 Å². The van der Waals surface area contributed by atoms with Crippen molar-refractivity contribution in [2.24, 2.45) is 0 Å². The number of ketones is 1. The van der Waals surface area contributed by atoms with Gasteiger partial charge in [-0.1, -0.05) is 0 Å². The number of aliphatic hydroxyl groups is 1. The number of Topliss-reactive ketones (excluding diaryl/α,β-unsaturated/α-hetero) is 1. The van der Waals surface area contributed by atoms with Crippen LogP contribution in [0.3, 0.4) is 0 Å². The Morgan fingerprint density at radius 1 is 1.61 bits per heavy atom. The molecule has 0 aromatic heterocycles. The SMILES string of the molecule is CC(=O)c1cc(F)ccc1N1CCOC(CO)C1. The van der Waals surface area contributed by atoms with Gasteiger partial charge in [-0.2, -0.15) is 0 Å². The number of nitrogens with zero attached hydrogens (tertiary/aromatic N) is 1. The summed E-state index contributed by atoms with van der Waals surface area (Å²) in [6.45, 7) is 2.97. The second-order valence-electron chi connectivity index (χ2n) is 4.34. The van der Waals surface area contributed by atoms with E-state index < -0.39 is 5.82 Å². The average Bonchev–Trinajstić information content (AvgIpc) is 2.38. The van der Waals surface area contributed by atoms with Gasteiger partial charge in [-0.05, 0) is 25.1 Å². The van der Waals surface area contributed by atoms with E-state index in [1.54, 1.807) is 6.07 Å². The maximum absolute atomic E-state index is 13.2. The maximum atomic E-state index is 13.2. The van der Waals surface area contributed by atoms with Crippen molar-refractivity contribution >= 4 is 11.5 Å². The number of benzene rings is 1. The zero-order valence-electron chi connectivity index (χ0n) is 10.2. The van der Waals surface area contributed by atoms with Gasteiger partial charge < -0.3 is 14.7 Å². The Bertz CT molecular complexity index is 450. The molecule has 1 unspecified atom stereocenters. The first kappa shape index (κ1) is 13.0. The van der Waals surface area contributed by atoms with Gasteiger partial charge in [-0.15, -0.1) is 0 Å². The van der Waals surface area contributed by atoms with Crippen LogP contribution in [-0.4, -0.2) is 43.3 Å². The number of carbonyl (C=O) groups is 1. The van der Waals surface area contributed by atoms with Gasteiger partial charge in [0.2, 0.25) is 0 Å². The summed E-state index contributed by atoms with van der Waals surface area (Å²) in [4.78, 5) is 13.5. The largest absolute Gasteiger partial charge is 0.394 e. The van der Waals surface area contributed by atoms with Crippen molar-refractivity contribution in [1.29, 1.82) is 0 Å². The molecule has 1 N–H and O–H groups in total. The van der Waals surface area contributed by atoms with Gasteiger partial charge in [0.1, 0.15) is 5.82 Å². The molecule has 98 valence electrons. The van der Waals surface area contributed by atoms with Gasteiger partial charge in [0.05, 0.1) is 19.3 Å². The van der Waals surface area contributed by atoms with Crippen LogP contribution in [0.25, 0.3) is 0 Å². The zero-order chi connectivity index (χ0) is 13.1. The molecule has 1 heterocycles. The highest BCUT2D eigenvalue weighted by atomic mass is 19.1. The lowest BCUT2D eigenvalue weighted by Crippen LogP contribution is -2.44. The first-order chi connectivity index (χ1) is 8.61. The number of ether oxygens (including phenoxy) is 1. The molecule has 5 heteroatoms. The molecular weight excluding hydrogens is 237 g/mol. The molecule has 0 saturated carbocycles. The molecule has 0 bridgehead atoms. The average molecular weight is 253 g/mol. The molecule has 1 aliphatic rings. The Kier molecular flexibility index (Phi) is 3.93. The van der Waals surface area contributed by atoms with E-state index in [2.05, 4.69) is 0 Å². The Morgan fingerprint density at radius 3 is 3.06 bits per heavy atom. The minimum atomic E-state index is -0.420. The molecule has 0 spiro atoms. The van der Waals surface area contributed by atoms with Crippen LogP contribution >= 0.6 is 0 Å². The van der Waals surface area contributed by atoms with Crippen LogP contribution in [0.1, 0.15) is 17.3 Å². The van der Waals surface area contributed by atoms with Gasteiger partial charge in [-0.3, -0.25) is 4.79 Å². The number of anilines is 1. The predicted molar refractivity (Wildman–Crippen MR) is 65.4 cm³/mol. The highest BCUT2D eigenvalue weighted by molar-refractivity contribution is 5.99. The van der Waals surface area contributed by atoms with Gasteiger partial charge in [-0.25, -0.2) is 4.39 Å². The smallest absolute Gasteiger partial charge is 0.161 e. The molecule has 2 rings (SSSR count). The molecular formula is C13H16FNO3. The van der Waals surface area contributed by atoms with Crippen molar-refractivity contribution < 1.29 is 19.0 Å². The quantitative estimate of drug-likeness (QED) is 0.823. The van der Waals surface area contributed by atoms with E-state index in [0.717, 1.165) is 0 Å². The number of morpholine rings is 1. The molecule has 1 fully saturated rings. The summed E-state index contributed by atoms with van der Waals surface area (Å²) in [5.74, 6) is -0.590. The van der Waals surface area contributed by atoms with E-state index in [9.17, 15) is 9.18 Å². The van der Waals surface area contributed by atoms with Crippen molar-refractivity contribution in [3.63, 3.8) is 0 Å². The molecule has 18 heavy (non-hydrogen) atoms. The molecule has 4 nitrogen and oxygen atoms in total. The number of rotatable bonds is 3. The van der Waals surface area contributed by atoms with Crippen LogP contribution in [0.15, 0.2) is 18.2 Å². The molecule has 1 saturated heterocycles. The predicted octanol–water partition coefficient (Wildman–Crippen LogP) is 1.23. The molecule has 1 aromatic rings. The molecule has 0 amide bonds. The second kappa shape index (κ2) is 5.46. The topological polar surface area (TPSA) is 49.8 Å². The fourth-order valence-corrected chi connectivity index (χ4v) is 2.11. The number of hydrogen-bond acceptors (Lipinski definition) is 4. The number of hydrogen-bond donors (Lipinski definition) is 1. The van der Waals surface area contributed by atoms with Crippen molar-refractivity contribution in [2.45, 2.75) is 13.0 Å². The van der Waals surface area contributed by atoms with Gasteiger partial charge in [0.25, 0.3) is 0 Å². The third kappa shape index (κ3) is 2.68. The van der Waals surface area contributed by atoms with E-state index in [1.165, 1.54) is 19.1 Å². The fraction of sp³-hybridized carbons (Fsp3) is 0.462. The van der Waals surface area contributed by atoms with Crippen molar-refractivity contribution in [2.75, 3.05) is 31.2 Å². The van der Waals surface area contributed by atoms with E-state index in [-0.39, 0.29) is 18.5 Å². The Labute approximate surface area is 105 Å². The van der Waals surface area contributed by atoms with E-state index in [0.29, 0.717) is 30.9 Å². The third-order valence-corrected chi connectivity index (χ3v) is 3.02. The van der Waals surface area contributed by atoms with Crippen molar-refractivity contribution in [3.05, 3.63) is 29.6 Å². The highest BCUT2D eigenvalue weighted by Gasteiger charge is 2.22. The summed E-state index contributed by atoms with van der Waals surface area (Å²) in [6.07, 6.45) is -0.261. The zero-order valence-corrected chi connectivity index (χ0v) is 10.2. The van der Waals surface area contributed by atoms with Crippen molar-refractivity contribution in [1.82, 2.24) is 0 Å². The van der Waals surface area contributed by atoms with Crippen LogP contribution in [0.2, 0.25) is 0 Å². The summed E-state index contributed by atoms with van der Waals surface area (Å²) in [6, 6.07) is 4.19. The first-order valence-electron chi connectivity index (χ1n) is 5.89. The van der Waals surface area contributed by atoms with Crippen molar-refractivity contribution in [3.8, 4) is 0 Å². The summed E-state index contributed by atoms with van der Waals surface area (Å²) in [5.41, 5.74) is 1.07. The lowest BCUT2D eigenvalue weighted by molar-refractivity contribution is 0.00353. The van der Waals surface area contributed by atoms with E-state index in [4.69, 9.17) is 9.84 Å². The maximum Gasteiger partial charge on any atom is 0.161 e. The molecule has 1 atom stereocenters. The molecule has 0 radical (unpaired) electrons. The van der Waals surface area contributed by atoms with Crippen LogP contribution in [0.4, 0.5) is 10.1 Å². The fourth-order valence-electron chi connectivity index (χ4n) is 2.11. The van der Waals surface area contributed by atoms with E-state index >= 15 is 0 Å². The number of carbonyl (C=O) groups excluding carboxylic acids is 1. The number of aliphatic hydroxyl groups excluding tert-OH is 1. The first-order valence-corrected chi connectivity index (χ1v) is 5.89. The van der Waals surface area contributed by atoms with Gasteiger partial charge in [0.15, 0.2) is 5.78 Å².